The van der Waals surface area contributed by atoms with Crippen molar-refractivity contribution < 1.29 is 4.79 Å². The molecule has 0 saturated heterocycles. The third-order valence-corrected chi connectivity index (χ3v) is 2.52. The van der Waals surface area contributed by atoms with Crippen LogP contribution in [0.25, 0.3) is 0 Å². The monoisotopic (exact) mass is 238 g/mol. The topological polar surface area (TPSA) is 50.2 Å². The van der Waals surface area contributed by atoms with Gasteiger partial charge in [-0.1, -0.05) is 0 Å². The molecule has 1 rings (SSSR count). The number of rotatable bonds is 7. The van der Waals surface area contributed by atoms with E-state index in [0.717, 1.165) is 26.1 Å². The van der Waals surface area contributed by atoms with Crippen LogP contribution in [0.1, 0.15) is 18.4 Å². The molecule has 0 spiro atoms. The summed E-state index contributed by atoms with van der Waals surface area (Å²) < 4.78 is 1.92. The highest BCUT2D eigenvalue weighted by Crippen LogP contribution is 1.94. The van der Waals surface area contributed by atoms with E-state index in [4.69, 9.17) is 0 Å². The Morgan fingerprint density at radius 2 is 2.24 bits per heavy atom. The Bertz CT molecular complexity index is 346. The molecule has 0 aliphatic rings. The van der Waals surface area contributed by atoms with Crippen LogP contribution >= 0.6 is 0 Å². The van der Waals surface area contributed by atoms with Crippen molar-refractivity contribution in [1.29, 1.82) is 0 Å². The molecule has 5 nitrogen and oxygen atoms in total. The molecule has 96 valence electrons. The fraction of sp³-hybridized carbons (Fsp3) is 0.667. The number of amides is 1. The smallest absolute Gasteiger partial charge is 0.222 e. The second kappa shape index (κ2) is 7.06. The summed E-state index contributed by atoms with van der Waals surface area (Å²) in [7, 11) is 3.58. The van der Waals surface area contributed by atoms with E-state index < -0.39 is 0 Å². The molecule has 0 atom stereocenters. The number of aryl methyl sites for hydroxylation is 1. The molecule has 0 bridgehead atoms. The van der Waals surface area contributed by atoms with Crippen molar-refractivity contribution in [3.63, 3.8) is 0 Å². The number of carbonyl (C=O) groups is 1. The molecule has 1 amide bonds. The quantitative estimate of drug-likeness (QED) is 0.710. The summed E-state index contributed by atoms with van der Waals surface area (Å²) in [5.41, 5.74) is 1.18. The summed E-state index contributed by atoms with van der Waals surface area (Å²) in [5, 5.41) is 7.51. The first kappa shape index (κ1) is 13.7. The minimum atomic E-state index is 0.189. The summed E-state index contributed by atoms with van der Waals surface area (Å²) in [6.07, 6.45) is 5.38. The standard InChI is InChI=1S/C12H22N4O/c1-11-9-14-16(10-11)8-7-13-6-4-5-12(17)15(2)3/h9-10,13H,4-8H2,1-3H3. The van der Waals surface area contributed by atoms with Gasteiger partial charge in [0.05, 0.1) is 12.7 Å². The molecule has 0 fully saturated rings. The number of aromatic nitrogens is 2. The Kier molecular flexibility index (Phi) is 5.69. The van der Waals surface area contributed by atoms with Gasteiger partial charge < -0.3 is 10.2 Å². The van der Waals surface area contributed by atoms with E-state index in [-0.39, 0.29) is 5.91 Å². The largest absolute Gasteiger partial charge is 0.349 e. The summed E-state index contributed by atoms with van der Waals surface area (Å²) in [4.78, 5) is 12.9. The molecular weight excluding hydrogens is 216 g/mol. The lowest BCUT2D eigenvalue weighted by atomic mass is 10.3. The Balaban J connectivity index is 2.00. The van der Waals surface area contributed by atoms with Gasteiger partial charge in [-0.2, -0.15) is 5.10 Å². The van der Waals surface area contributed by atoms with Crippen LogP contribution in [0.3, 0.4) is 0 Å². The molecule has 0 aliphatic heterocycles. The number of nitrogens with one attached hydrogen (secondary N) is 1. The van der Waals surface area contributed by atoms with Crippen LogP contribution in [0.5, 0.6) is 0 Å². The molecule has 1 aromatic rings. The molecule has 17 heavy (non-hydrogen) atoms. The van der Waals surface area contributed by atoms with Crippen molar-refractivity contribution in [2.75, 3.05) is 27.2 Å². The van der Waals surface area contributed by atoms with Gasteiger partial charge in [0.1, 0.15) is 0 Å². The zero-order chi connectivity index (χ0) is 12.7. The van der Waals surface area contributed by atoms with Crippen LogP contribution in [0.2, 0.25) is 0 Å². The SMILES string of the molecule is Cc1cnn(CCNCCCC(=O)N(C)C)c1. The maximum Gasteiger partial charge on any atom is 0.222 e. The maximum atomic E-state index is 11.3. The molecule has 1 N–H and O–H groups in total. The first-order chi connectivity index (χ1) is 8.09. The highest BCUT2D eigenvalue weighted by molar-refractivity contribution is 5.75. The molecule has 0 radical (unpaired) electrons. The van der Waals surface area contributed by atoms with E-state index in [1.54, 1.807) is 19.0 Å². The van der Waals surface area contributed by atoms with E-state index >= 15 is 0 Å². The van der Waals surface area contributed by atoms with Crippen molar-refractivity contribution in [2.24, 2.45) is 0 Å². The Labute approximate surface area is 103 Å². The van der Waals surface area contributed by atoms with Gasteiger partial charge in [-0.25, -0.2) is 0 Å². The van der Waals surface area contributed by atoms with Crippen molar-refractivity contribution in [1.82, 2.24) is 20.0 Å². The highest BCUT2D eigenvalue weighted by Gasteiger charge is 2.02. The third kappa shape index (κ3) is 5.49. The van der Waals surface area contributed by atoms with Crippen molar-refractivity contribution in [3.05, 3.63) is 18.0 Å². The molecule has 1 aromatic heterocycles. The average Bonchev–Trinajstić information content (AvgIpc) is 2.68. The predicted octanol–water partition coefficient (Wildman–Crippen LogP) is 0.650. The Hall–Kier alpha value is -1.36. The van der Waals surface area contributed by atoms with Crippen molar-refractivity contribution in [2.45, 2.75) is 26.3 Å². The molecule has 0 aliphatic carbocycles. The fourth-order valence-electron chi connectivity index (χ4n) is 1.50. The van der Waals surface area contributed by atoms with Gasteiger partial charge in [-0.3, -0.25) is 9.48 Å². The van der Waals surface area contributed by atoms with Crippen LogP contribution in [-0.4, -0.2) is 47.8 Å². The zero-order valence-electron chi connectivity index (χ0n) is 10.9. The lowest BCUT2D eigenvalue weighted by Crippen LogP contribution is -2.25. The zero-order valence-corrected chi connectivity index (χ0v) is 10.9. The van der Waals surface area contributed by atoms with Crippen LogP contribution in [0.4, 0.5) is 0 Å². The van der Waals surface area contributed by atoms with E-state index in [0.29, 0.717) is 6.42 Å². The Morgan fingerprint density at radius 3 is 2.82 bits per heavy atom. The second-order valence-electron chi connectivity index (χ2n) is 4.42. The van der Waals surface area contributed by atoms with E-state index in [9.17, 15) is 4.79 Å². The summed E-state index contributed by atoms with van der Waals surface area (Å²) in [5.74, 6) is 0.189. The third-order valence-electron chi connectivity index (χ3n) is 2.52. The minimum absolute atomic E-state index is 0.189. The molecular formula is C12H22N4O. The van der Waals surface area contributed by atoms with Crippen LogP contribution in [0, 0.1) is 6.92 Å². The van der Waals surface area contributed by atoms with E-state index in [1.165, 1.54) is 5.56 Å². The van der Waals surface area contributed by atoms with Crippen molar-refractivity contribution >= 4 is 5.91 Å². The van der Waals surface area contributed by atoms with Gasteiger partial charge in [-0.05, 0) is 25.5 Å². The normalized spacial score (nSPS) is 10.5. The van der Waals surface area contributed by atoms with Crippen molar-refractivity contribution in [3.8, 4) is 0 Å². The molecule has 0 saturated carbocycles. The number of carbonyl (C=O) groups excluding carboxylic acids is 1. The van der Waals surface area contributed by atoms with E-state index in [2.05, 4.69) is 10.4 Å². The predicted molar refractivity (Wildman–Crippen MR) is 67.8 cm³/mol. The van der Waals surface area contributed by atoms with Gasteiger partial charge >= 0.3 is 0 Å². The van der Waals surface area contributed by atoms with Gasteiger partial charge in [0.2, 0.25) is 5.91 Å². The first-order valence-electron chi connectivity index (χ1n) is 5.99. The number of nitrogens with zero attached hydrogens (tertiary/aromatic N) is 3. The van der Waals surface area contributed by atoms with Crippen LogP contribution in [-0.2, 0) is 11.3 Å². The van der Waals surface area contributed by atoms with Gasteiger partial charge in [-0.15, -0.1) is 0 Å². The highest BCUT2D eigenvalue weighted by atomic mass is 16.2. The summed E-state index contributed by atoms with van der Waals surface area (Å²) in [6, 6.07) is 0. The summed E-state index contributed by atoms with van der Waals surface area (Å²) >= 11 is 0. The molecule has 1 heterocycles. The molecule has 0 aromatic carbocycles. The Morgan fingerprint density at radius 1 is 1.47 bits per heavy atom. The van der Waals surface area contributed by atoms with E-state index in [1.807, 2.05) is 24.0 Å². The second-order valence-corrected chi connectivity index (χ2v) is 4.42. The first-order valence-corrected chi connectivity index (χ1v) is 5.99. The summed E-state index contributed by atoms with van der Waals surface area (Å²) in [6.45, 7) is 4.66. The van der Waals surface area contributed by atoms with Crippen LogP contribution < -0.4 is 5.32 Å². The lowest BCUT2D eigenvalue weighted by Gasteiger charge is -2.10. The molecule has 5 heteroatoms. The minimum Gasteiger partial charge on any atom is -0.349 e. The number of hydrogen-bond donors (Lipinski definition) is 1. The fourth-order valence-corrected chi connectivity index (χ4v) is 1.50. The molecule has 0 unspecified atom stereocenters. The average molecular weight is 238 g/mol. The van der Waals surface area contributed by atoms with Crippen LogP contribution in [0.15, 0.2) is 12.4 Å². The maximum absolute atomic E-state index is 11.3. The lowest BCUT2D eigenvalue weighted by molar-refractivity contribution is -0.128. The van der Waals surface area contributed by atoms with Gasteiger partial charge in [0.15, 0.2) is 0 Å². The van der Waals surface area contributed by atoms with Gasteiger partial charge in [0.25, 0.3) is 0 Å². The number of hydrogen-bond acceptors (Lipinski definition) is 3. The van der Waals surface area contributed by atoms with Gasteiger partial charge in [0, 0.05) is 33.3 Å².